The van der Waals surface area contributed by atoms with Crippen LogP contribution >= 0.6 is 0 Å². The smallest absolute Gasteiger partial charge is 0.0169 e. The van der Waals surface area contributed by atoms with Gasteiger partial charge in [-0.25, -0.2) is 0 Å². The second-order valence-corrected chi connectivity index (χ2v) is 4.97. The van der Waals surface area contributed by atoms with Gasteiger partial charge in [0.05, 0.1) is 0 Å². The number of unbranched alkanes of at least 4 members (excludes halogenated alkanes) is 3. The van der Waals surface area contributed by atoms with E-state index in [-0.39, 0.29) is 0 Å². The maximum Gasteiger partial charge on any atom is -0.0169 e. The number of hydrogen-bond acceptors (Lipinski definition) is 0. The fourth-order valence-electron chi connectivity index (χ4n) is 1.23. The molecule has 0 unspecified atom stereocenters. The molecule has 0 spiro atoms. The molecular weight excluding hydrogens is 168 g/mol. The minimum Gasteiger partial charge on any atom is -0.0882 e. The molecule has 0 aromatic carbocycles. The summed E-state index contributed by atoms with van der Waals surface area (Å²) in [5.41, 5.74) is 0.329. The van der Waals surface area contributed by atoms with Crippen LogP contribution in [0.4, 0.5) is 0 Å². The Kier molecular flexibility index (Phi) is 7.55. The molecule has 0 heterocycles. The highest BCUT2D eigenvalue weighted by atomic mass is 14.1. The van der Waals surface area contributed by atoms with Gasteiger partial charge in [0.25, 0.3) is 0 Å². The third-order valence-corrected chi connectivity index (χ3v) is 2.03. The quantitative estimate of drug-likeness (QED) is 0.407. The van der Waals surface area contributed by atoms with E-state index in [9.17, 15) is 0 Å². The molecule has 0 saturated heterocycles. The van der Waals surface area contributed by atoms with E-state index in [1.165, 1.54) is 25.7 Å². The van der Waals surface area contributed by atoms with Gasteiger partial charge >= 0.3 is 0 Å². The molecule has 0 fully saturated rings. The molecule has 0 heteroatoms. The van der Waals surface area contributed by atoms with Gasteiger partial charge in [-0.15, -0.1) is 0 Å². The van der Waals surface area contributed by atoms with Gasteiger partial charge in [0.2, 0.25) is 0 Å². The first-order valence-electron chi connectivity index (χ1n) is 5.89. The highest BCUT2D eigenvalue weighted by molar-refractivity contribution is 4.97. The Balaban J connectivity index is 3.40. The molecule has 0 amide bonds. The first-order chi connectivity index (χ1) is 6.56. The van der Waals surface area contributed by atoms with E-state index >= 15 is 0 Å². The van der Waals surface area contributed by atoms with E-state index in [2.05, 4.69) is 52.0 Å². The number of allylic oxidation sites excluding steroid dienone is 4. The lowest BCUT2D eigenvalue weighted by atomic mass is 9.96. The van der Waals surface area contributed by atoms with E-state index < -0.39 is 0 Å². The van der Waals surface area contributed by atoms with Gasteiger partial charge in [0.15, 0.2) is 0 Å². The van der Waals surface area contributed by atoms with Crippen LogP contribution in [0.1, 0.15) is 59.8 Å². The SMILES string of the molecule is CCCCC/C=C\C/C=C\C(C)(C)C. The van der Waals surface area contributed by atoms with Crippen molar-refractivity contribution >= 4 is 0 Å². The van der Waals surface area contributed by atoms with Crippen LogP contribution < -0.4 is 0 Å². The van der Waals surface area contributed by atoms with Crippen molar-refractivity contribution in [1.29, 1.82) is 0 Å². The first-order valence-corrected chi connectivity index (χ1v) is 5.89. The van der Waals surface area contributed by atoms with Gasteiger partial charge in [0, 0.05) is 0 Å². The van der Waals surface area contributed by atoms with Crippen LogP contribution in [0.2, 0.25) is 0 Å². The molecule has 0 saturated carbocycles. The number of rotatable bonds is 6. The molecule has 0 aromatic rings. The highest BCUT2D eigenvalue weighted by Gasteiger charge is 2.01. The van der Waals surface area contributed by atoms with Gasteiger partial charge in [-0.2, -0.15) is 0 Å². The van der Waals surface area contributed by atoms with Crippen LogP contribution in [0.25, 0.3) is 0 Å². The van der Waals surface area contributed by atoms with Crippen molar-refractivity contribution in [3.63, 3.8) is 0 Å². The Hall–Kier alpha value is -0.520. The molecule has 82 valence electrons. The lowest BCUT2D eigenvalue weighted by molar-refractivity contribution is 0.543. The minimum atomic E-state index is 0.329. The monoisotopic (exact) mass is 194 g/mol. The van der Waals surface area contributed by atoms with E-state index in [4.69, 9.17) is 0 Å². The van der Waals surface area contributed by atoms with Crippen molar-refractivity contribution in [3.05, 3.63) is 24.3 Å². The molecule has 0 N–H and O–H groups in total. The molecule has 0 aliphatic carbocycles. The van der Waals surface area contributed by atoms with E-state index in [1.807, 2.05) is 0 Å². The Morgan fingerprint density at radius 1 is 0.929 bits per heavy atom. The molecule has 0 radical (unpaired) electrons. The zero-order chi connectivity index (χ0) is 10.9. The summed E-state index contributed by atoms with van der Waals surface area (Å²) < 4.78 is 0. The predicted molar refractivity (Wildman–Crippen MR) is 66.5 cm³/mol. The third kappa shape index (κ3) is 11.5. The minimum absolute atomic E-state index is 0.329. The van der Waals surface area contributed by atoms with Gasteiger partial charge < -0.3 is 0 Å². The Morgan fingerprint density at radius 2 is 1.64 bits per heavy atom. The summed E-state index contributed by atoms with van der Waals surface area (Å²) in [4.78, 5) is 0. The topological polar surface area (TPSA) is 0 Å². The lowest BCUT2D eigenvalue weighted by Gasteiger charge is -2.10. The van der Waals surface area contributed by atoms with Crippen LogP contribution in [0.3, 0.4) is 0 Å². The molecule has 0 rings (SSSR count). The fraction of sp³-hybridized carbons (Fsp3) is 0.714. The Labute approximate surface area is 90.1 Å². The van der Waals surface area contributed by atoms with Crippen LogP contribution in [0, 0.1) is 5.41 Å². The van der Waals surface area contributed by atoms with E-state index in [0.29, 0.717) is 5.41 Å². The van der Waals surface area contributed by atoms with Gasteiger partial charge in [-0.3, -0.25) is 0 Å². The van der Waals surface area contributed by atoms with Crippen molar-refractivity contribution in [3.8, 4) is 0 Å². The molecule has 0 nitrogen and oxygen atoms in total. The first kappa shape index (κ1) is 13.5. The molecular formula is C14H26. The van der Waals surface area contributed by atoms with Gasteiger partial charge in [-0.05, 0) is 24.7 Å². The molecule has 0 aliphatic rings. The van der Waals surface area contributed by atoms with Crippen molar-refractivity contribution in [2.24, 2.45) is 5.41 Å². The summed E-state index contributed by atoms with van der Waals surface area (Å²) in [5, 5.41) is 0. The Bertz CT molecular complexity index is 167. The molecule has 14 heavy (non-hydrogen) atoms. The van der Waals surface area contributed by atoms with Crippen molar-refractivity contribution < 1.29 is 0 Å². The summed E-state index contributed by atoms with van der Waals surface area (Å²) in [7, 11) is 0. The van der Waals surface area contributed by atoms with E-state index in [1.54, 1.807) is 0 Å². The largest absolute Gasteiger partial charge is 0.0882 e. The third-order valence-electron chi connectivity index (χ3n) is 2.03. The second kappa shape index (κ2) is 7.84. The predicted octanol–water partition coefficient (Wildman–Crippen LogP) is 5.12. The van der Waals surface area contributed by atoms with Crippen molar-refractivity contribution in [2.75, 3.05) is 0 Å². The zero-order valence-electron chi connectivity index (χ0n) is 10.3. The van der Waals surface area contributed by atoms with Crippen molar-refractivity contribution in [2.45, 2.75) is 59.8 Å². The number of hydrogen-bond donors (Lipinski definition) is 0. The molecule has 0 bridgehead atoms. The summed E-state index contributed by atoms with van der Waals surface area (Å²) in [6.07, 6.45) is 15.5. The maximum atomic E-state index is 2.31. The standard InChI is InChI=1S/C14H26/c1-5-6-7-8-9-10-11-12-13-14(2,3)4/h9-10,12-13H,5-8,11H2,1-4H3/b10-9-,13-12-. The van der Waals surface area contributed by atoms with Crippen molar-refractivity contribution in [1.82, 2.24) is 0 Å². The average Bonchev–Trinajstić information content (AvgIpc) is 2.08. The second-order valence-electron chi connectivity index (χ2n) is 4.97. The Morgan fingerprint density at radius 3 is 2.21 bits per heavy atom. The molecule has 0 atom stereocenters. The van der Waals surface area contributed by atoms with Crippen LogP contribution in [-0.4, -0.2) is 0 Å². The van der Waals surface area contributed by atoms with Gasteiger partial charge in [-0.1, -0.05) is 64.8 Å². The van der Waals surface area contributed by atoms with Crippen LogP contribution in [-0.2, 0) is 0 Å². The van der Waals surface area contributed by atoms with Crippen LogP contribution in [0.5, 0.6) is 0 Å². The summed E-state index contributed by atoms with van der Waals surface area (Å²) in [5.74, 6) is 0. The summed E-state index contributed by atoms with van der Waals surface area (Å²) in [6.45, 7) is 8.94. The fourth-order valence-corrected chi connectivity index (χ4v) is 1.23. The molecule has 0 aromatic heterocycles. The molecule has 0 aliphatic heterocycles. The van der Waals surface area contributed by atoms with Crippen LogP contribution in [0.15, 0.2) is 24.3 Å². The zero-order valence-corrected chi connectivity index (χ0v) is 10.3. The lowest BCUT2D eigenvalue weighted by Crippen LogP contribution is -1.97. The van der Waals surface area contributed by atoms with E-state index in [0.717, 1.165) is 6.42 Å². The maximum absolute atomic E-state index is 2.31. The normalized spacial score (nSPS) is 13.1. The average molecular weight is 194 g/mol. The summed E-state index contributed by atoms with van der Waals surface area (Å²) >= 11 is 0. The summed E-state index contributed by atoms with van der Waals surface area (Å²) in [6, 6.07) is 0. The van der Waals surface area contributed by atoms with Gasteiger partial charge in [0.1, 0.15) is 0 Å². The highest BCUT2D eigenvalue weighted by Crippen LogP contribution is 2.14.